The third kappa shape index (κ3) is 4.68. The number of H-pyrrole nitrogens is 1. The number of ether oxygens (including phenoxy) is 1. The number of nitrogens with zero attached hydrogens (tertiary/aromatic N) is 1. The number of amides is 1. The summed E-state index contributed by atoms with van der Waals surface area (Å²) in [4.78, 5) is 32.1. The number of pyridine rings is 1. The van der Waals surface area contributed by atoms with Crippen molar-refractivity contribution in [1.29, 1.82) is 0 Å². The summed E-state index contributed by atoms with van der Waals surface area (Å²) < 4.78 is 32.5. The van der Waals surface area contributed by atoms with E-state index in [0.717, 1.165) is 29.9 Å². The molecular formula is C20H20N4O5S2. The molecule has 0 aliphatic heterocycles. The van der Waals surface area contributed by atoms with Gasteiger partial charge in [-0.1, -0.05) is 6.07 Å². The Morgan fingerprint density at radius 3 is 2.94 bits per heavy atom. The minimum atomic E-state index is -3.58. The van der Waals surface area contributed by atoms with Gasteiger partial charge in [-0.25, -0.2) is 18.1 Å². The number of hydrogen-bond acceptors (Lipinski definition) is 7. The lowest BCUT2D eigenvalue weighted by molar-refractivity contribution is 0.0956. The summed E-state index contributed by atoms with van der Waals surface area (Å²) in [6, 6.07) is 6.44. The number of anilines is 1. The lowest BCUT2D eigenvalue weighted by Gasteiger charge is -2.13. The highest BCUT2D eigenvalue weighted by Gasteiger charge is 2.26. The van der Waals surface area contributed by atoms with Crippen molar-refractivity contribution in [2.24, 2.45) is 0 Å². The van der Waals surface area contributed by atoms with E-state index in [4.69, 9.17) is 4.74 Å². The van der Waals surface area contributed by atoms with E-state index < -0.39 is 15.9 Å². The molecular weight excluding hydrogens is 440 g/mol. The van der Waals surface area contributed by atoms with Crippen LogP contribution >= 0.6 is 11.3 Å². The van der Waals surface area contributed by atoms with Crippen molar-refractivity contribution in [2.75, 3.05) is 18.5 Å². The Labute approximate surface area is 182 Å². The Hall–Kier alpha value is -3.02. The molecule has 0 bridgehead atoms. The van der Waals surface area contributed by atoms with Crippen LogP contribution in [0.25, 0.3) is 0 Å². The first-order valence-electron chi connectivity index (χ1n) is 9.61. The van der Waals surface area contributed by atoms with Crippen molar-refractivity contribution in [3.05, 3.63) is 58.9 Å². The van der Waals surface area contributed by atoms with Crippen LogP contribution in [0.1, 0.15) is 39.3 Å². The molecule has 0 atom stereocenters. The van der Waals surface area contributed by atoms with Crippen LogP contribution in [-0.2, 0) is 16.4 Å². The smallest absolute Gasteiger partial charge is 0.258 e. The van der Waals surface area contributed by atoms with Gasteiger partial charge in [0.2, 0.25) is 15.9 Å². The Morgan fingerprint density at radius 2 is 2.13 bits per heavy atom. The molecule has 0 saturated heterocycles. The van der Waals surface area contributed by atoms with Crippen molar-refractivity contribution in [1.82, 2.24) is 14.7 Å². The monoisotopic (exact) mass is 460 g/mol. The Kier molecular flexibility index (Phi) is 6.16. The van der Waals surface area contributed by atoms with Crippen LogP contribution in [0.2, 0.25) is 0 Å². The standard InChI is InChI=1S/C20H20N4O5S2/c25-16-6-1-4-14-18(16)13(12-22-14)19(26)24-15-5-2-8-21-20(15)29-10-9-23-31(27,28)17-7-3-11-30-17/h2-3,5,7-8,11-12,22-23H,1,4,6,9-10H2,(H,24,26). The molecule has 1 aliphatic carbocycles. The molecule has 3 heterocycles. The molecule has 0 radical (unpaired) electrons. The number of sulfonamides is 1. The third-order valence-electron chi connectivity index (χ3n) is 4.73. The quantitative estimate of drug-likeness (QED) is 0.443. The maximum atomic E-state index is 12.8. The maximum Gasteiger partial charge on any atom is 0.258 e. The molecule has 1 aliphatic rings. The summed E-state index contributed by atoms with van der Waals surface area (Å²) in [6.45, 7) is 0.0482. The largest absolute Gasteiger partial charge is 0.475 e. The first-order valence-corrected chi connectivity index (χ1v) is 12.0. The van der Waals surface area contributed by atoms with Gasteiger partial charge in [0.25, 0.3) is 5.91 Å². The van der Waals surface area contributed by atoms with Crippen LogP contribution in [0.4, 0.5) is 5.69 Å². The van der Waals surface area contributed by atoms with Gasteiger partial charge in [-0.15, -0.1) is 11.3 Å². The number of aromatic amines is 1. The van der Waals surface area contributed by atoms with Gasteiger partial charge >= 0.3 is 0 Å². The highest BCUT2D eigenvalue weighted by molar-refractivity contribution is 7.91. The molecule has 3 aromatic heterocycles. The Bertz CT molecular complexity index is 1200. The second-order valence-electron chi connectivity index (χ2n) is 6.82. The van der Waals surface area contributed by atoms with E-state index in [0.29, 0.717) is 23.2 Å². The molecule has 11 heteroatoms. The first-order chi connectivity index (χ1) is 15.0. The highest BCUT2D eigenvalue weighted by Crippen LogP contribution is 2.26. The van der Waals surface area contributed by atoms with Gasteiger partial charge in [-0.05, 0) is 36.4 Å². The zero-order chi connectivity index (χ0) is 21.8. The number of ketones is 1. The van der Waals surface area contributed by atoms with Crippen LogP contribution in [0.15, 0.2) is 46.2 Å². The van der Waals surface area contributed by atoms with Gasteiger partial charge in [0, 0.05) is 31.1 Å². The molecule has 1 amide bonds. The van der Waals surface area contributed by atoms with Crippen LogP contribution in [0, 0.1) is 0 Å². The van der Waals surface area contributed by atoms with Gasteiger partial charge in [0.15, 0.2) is 5.78 Å². The van der Waals surface area contributed by atoms with E-state index >= 15 is 0 Å². The fraction of sp³-hybridized carbons (Fsp3) is 0.250. The predicted octanol–water partition coefficient (Wildman–Crippen LogP) is 2.60. The SMILES string of the molecule is O=C(Nc1cccnc1OCCNS(=O)(=O)c1cccs1)c1c[nH]c2c1C(=O)CCC2. The zero-order valence-electron chi connectivity index (χ0n) is 16.4. The van der Waals surface area contributed by atoms with Gasteiger partial charge in [0.1, 0.15) is 16.5 Å². The molecule has 3 N–H and O–H groups in total. The molecule has 0 unspecified atom stereocenters. The molecule has 162 valence electrons. The van der Waals surface area contributed by atoms with Crippen LogP contribution in [-0.4, -0.2) is 43.2 Å². The molecule has 0 aromatic carbocycles. The summed E-state index contributed by atoms with van der Waals surface area (Å²) in [5, 5.41) is 4.41. The lowest BCUT2D eigenvalue weighted by Crippen LogP contribution is -2.28. The molecule has 31 heavy (non-hydrogen) atoms. The summed E-state index contributed by atoms with van der Waals surface area (Å²) in [5.74, 6) is -0.334. The Morgan fingerprint density at radius 1 is 1.26 bits per heavy atom. The second kappa shape index (κ2) is 9.00. The number of thiophene rings is 1. The minimum Gasteiger partial charge on any atom is -0.475 e. The van der Waals surface area contributed by atoms with Crippen molar-refractivity contribution in [3.8, 4) is 5.88 Å². The van der Waals surface area contributed by atoms with Crippen molar-refractivity contribution >= 4 is 38.7 Å². The zero-order valence-corrected chi connectivity index (χ0v) is 18.0. The topological polar surface area (TPSA) is 130 Å². The van der Waals surface area contributed by atoms with Gasteiger partial charge < -0.3 is 15.0 Å². The van der Waals surface area contributed by atoms with Crippen molar-refractivity contribution < 1.29 is 22.7 Å². The third-order valence-corrected chi connectivity index (χ3v) is 7.59. The fourth-order valence-corrected chi connectivity index (χ4v) is 5.36. The number of aryl methyl sites for hydroxylation is 1. The summed E-state index contributed by atoms with van der Waals surface area (Å²) >= 11 is 1.12. The summed E-state index contributed by atoms with van der Waals surface area (Å²) in [6.07, 6.45) is 4.97. The van der Waals surface area contributed by atoms with Crippen LogP contribution < -0.4 is 14.8 Å². The molecule has 4 rings (SSSR count). The number of fused-ring (bicyclic) bond motifs is 1. The van der Waals surface area contributed by atoms with E-state index in [-0.39, 0.29) is 29.0 Å². The number of aromatic nitrogens is 2. The number of rotatable bonds is 8. The average molecular weight is 461 g/mol. The lowest BCUT2D eigenvalue weighted by atomic mass is 9.93. The van der Waals surface area contributed by atoms with E-state index in [1.807, 2.05) is 0 Å². The van der Waals surface area contributed by atoms with Gasteiger partial charge in [-0.2, -0.15) is 0 Å². The van der Waals surface area contributed by atoms with Gasteiger partial charge in [0.05, 0.1) is 11.1 Å². The molecule has 0 spiro atoms. The summed E-state index contributed by atoms with van der Waals surface area (Å²) in [5.41, 5.74) is 1.84. The number of nitrogens with one attached hydrogen (secondary N) is 3. The average Bonchev–Trinajstić information content (AvgIpc) is 3.43. The van der Waals surface area contributed by atoms with Gasteiger partial charge in [-0.3, -0.25) is 9.59 Å². The molecule has 0 fully saturated rings. The normalized spacial score (nSPS) is 13.6. The fourth-order valence-electron chi connectivity index (χ4n) is 3.31. The second-order valence-corrected chi connectivity index (χ2v) is 9.76. The number of carbonyl (C=O) groups excluding carboxylic acids is 2. The molecule has 0 saturated carbocycles. The van der Waals surface area contributed by atoms with Crippen LogP contribution in [0.5, 0.6) is 5.88 Å². The number of hydrogen-bond donors (Lipinski definition) is 3. The van der Waals surface area contributed by atoms with E-state index in [1.54, 1.807) is 29.8 Å². The van der Waals surface area contributed by atoms with Crippen LogP contribution in [0.3, 0.4) is 0 Å². The highest BCUT2D eigenvalue weighted by atomic mass is 32.2. The van der Waals surface area contributed by atoms with E-state index in [2.05, 4.69) is 20.0 Å². The number of Topliss-reactive ketones (excluding diaryl/α,β-unsaturated/α-hetero) is 1. The predicted molar refractivity (Wildman–Crippen MR) is 115 cm³/mol. The Balaban J connectivity index is 1.39. The molecule has 3 aromatic rings. The maximum absolute atomic E-state index is 12.8. The first kappa shape index (κ1) is 21.2. The van der Waals surface area contributed by atoms with E-state index in [9.17, 15) is 18.0 Å². The van der Waals surface area contributed by atoms with E-state index in [1.165, 1.54) is 12.3 Å². The molecule has 9 nitrogen and oxygen atoms in total. The summed E-state index contributed by atoms with van der Waals surface area (Å²) in [7, 11) is -3.58. The van der Waals surface area contributed by atoms with Crippen molar-refractivity contribution in [2.45, 2.75) is 23.5 Å². The minimum absolute atomic E-state index is 0.0164. The number of carbonyl (C=O) groups is 2. The van der Waals surface area contributed by atoms with Crippen molar-refractivity contribution in [3.63, 3.8) is 0 Å².